The van der Waals surface area contributed by atoms with Crippen molar-refractivity contribution in [1.29, 1.82) is 0 Å². The van der Waals surface area contributed by atoms with Crippen molar-refractivity contribution in [3.63, 3.8) is 0 Å². The van der Waals surface area contributed by atoms with Crippen LogP contribution in [0.25, 0.3) is 0 Å². The number of oxime groups is 1. The van der Waals surface area contributed by atoms with Crippen LogP contribution in [-0.2, 0) is 29.5 Å². The maximum atomic E-state index is 13.1. The van der Waals surface area contributed by atoms with E-state index in [1.54, 1.807) is 31.2 Å². The molecule has 1 aromatic heterocycles. The monoisotopic (exact) mass is 652 g/mol. The van der Waals surface area contributed by atoms with Gasteiger partial charge in [-0.25, -0.2) is 14.1 Å². The lowest BCUT2D eigenvalue weighted by molar-refractivity contribution is -0.152. The van der Waals surface area contributed by atoms with Gasteiger partial charge in [0.2, 0.25) is 0 Å². The van der Waals surface area contributed by atoms with Crippen LogP contribution in [0.3, 0.4) is 0 Å². The topological polar surface area (TPSA) is 261 Å². The number of hydrogen-bond acceptors (Lipinski definition) is 13. The fourth-order valence-corrected chi connectivity index (χ4v) is 6.08. The summed E-state index contributed by atoms with van der Waals surface area (Å²) in [5.74, 6) is -2.86. The summed E-state index contributed by atoms with van der Waals surface area (Å²) >= 11 is 1.02. The number of nitrogens with one attached hydrogen (secondary N) is 2. The molecule has 0 unspecified atom stereocenters. The van der Waals surface area contributed by atoms with Gasteiger partial charge in [-0.2, -0.15) is 8.42 Å². The molecule has 2 amide bonds. The average molecular weight is 653 g/mol. The molecule has 0 radical (unpaired) electrons. The summed E-state index contributed by atoms with van der Waals surface area (Å²) in [6, 6.07) is 4.27. The highest BCUT2D eigenvalue weighted by Crippen LogP contribution is 2.24. The van der Waals surface area contributed by atoms with E-state index in [1.807, 2.05) is 0 Å². The number of hydrogen-bond donors (Lipinski definition) is 6. The first-order valence-corrected chi connectivity index (χ1v) is 15.6. The van der Waals surface area contributed by atoms with Crippen molar-refractivity contribution in [2.24, 2.45) is 15.9 Å². The molecule has 2 aliphatic heterocycles. The number of nitrogens with two attached hydrogens (primary N) is 2. The molecule has 238 valence electrons. The number of thiazole rings is 1. The van der Waals surface area contributed by atoms with Gasteiger partial charge in [-0.15, -0.1) is 11.3 Å². The summed E-state index contributed by atoms with van der Waals surface area (Å²) in [6.07, 6.45) is 0.105. The van der Waals surface area contributed by atoms with Gasteiger partial charge >= 0.3 is 16.3 Å². The van der Waals surface area contributed by atoms with Gasteiger partial charge in [-0.05, 0) is 64.0 Å². The largest absolute Gasteiger partial charge is 0.489 e. The lowest BCUT2D eigenvalue weighted by atomic mass is 10.0. The van der Waals surface area contributed by atoms with Crippen LogP contribution >= 0.6 is 11.3 Å². The van der Waals surface area contributed by atoms with Gasteiger partial charge in [0.15, 0.2) is 10.8 Å². The van der Waals surface area contributed by atoms with Crippen molar-refractivity contribution >= 4 is 56.1 Å². The van der Waals surface area contributed by atoms with Crippen LogP contribution in [0.5, 0.6) is 5.75 Å². The molecule has 0 saturated carbocycles. The Morgan fingerprint density at radius 3 is 2.48 bits per heavy atom. The van der Waals surface area contributed by atoms with Crippen LogP contribution in [0.4, 0.5) is 5.13 Å². The molecule has 2 fully saturated rings. The minimum Gasteiger partial charge on any atom is -0.489 e. The highest BCUT2D eigenvalue weighted by molar-refractivity contribution is 7.84. The Morgan fingerprint density at radius 2 is 1.93 bits per heavy atom. The Labute approximate surface area is 256 Å². The molecule has 44 heavy (non-hydrogen) atoms. The lowest BCUT2D eigenvalue weighted by Crippen LogP contribution is -2.71. The first-order valence-electron chi connectivity index (χ1n) is 13.3. The summed E-state index contributed by atoms with van der Waals surface area (Å²) in [6.45, 7) is 4.12. The fraction of sp³-hybridized carbons (Fsp3) is 0.440. The molecule has 0 bridgehead atoms. The predicted octanol–water partition coefficient (Wildman–Crippen LogP) is -0.738. The minimum atomic E-state index is -4.83. The lowest BCUT2D eigenvalue weighted by Gasteiger charge is -2.42. The Bertz CT molecular complexity index is 1570. The van der Waals surface area contributed by atoms with Gasteiger partial charge in [-0.3, -0.25) is 19.1 Å². The molecule has 0 spiro atoms. The molecule has 2 aliphatic rings. The van der Waals surface area contributed by atoms with Gasteiger partial charge in [-0.1, -0.05) is 5.16 Å². The van der Waals surface area contributed by atoms with Gasteiger partial charge in [0.25, 0.3) is 17.9 Å². The van der Waals surface area contributed by atoms with Crippen molar-refractivity contribution < 1.29 is 42.0 Å². The fourth-order valence-electron chi connectivity index (χ4n) is 4.51. The van der Waals surface area contributed by atoms with E-state index < -0.39 is 58.6 Å². The second kappa shape index (κ2) is 13.5. The quantitative estimate of drug-likeness (QED) is 0.0543. The number of aryl methyl sites for hydroxylation is 1. The van der Waals surface area contributed by atoms with Gasteiger partial charge in [0, 0.05) is 10.4 Å². The number of carboxylic acids is 1. The number of aromatic nitrogens is 1. The molecule has 2 saturated heterocycles. The standard InChI is InChI=1S/C25H32N8O9S2/c1-12-18(23(35)33(12)44(38,39)40)30-22(34)20(19-13(2)43-25(27)31-19)32-42-17(24(36)37)11-41-16-5-3-14(4-6-16)21(26)29-15-7-9-28-10-8-15/h3-6,12,15,17-18,28H,7-11H2,1-2H3,(H2,26,29)(H2,27,31)(H,30,34)(H,36,37)(H,38,39,40)/b32-20-/t12-,17+,18+/m1/s1. The summed E-state index contributed by atoms with van der Waals surface area (Å²) in [7, 11) is -4.83. The number of anilines is 1. The smallest absolute Gasteiger partial charge is 0.362 e. The Kier molecular flexibility index (Phi) is 10.0. The molecule has 1 aromatic carbocycles. The van der Waals surface area contributed by atoms with Crippen LogP contribution in [0.1, 0.15) is 35.9 Å². The molecule has 2 aromatic rings. The number of aliphatic imine (C=N–C) groups is 1. The minimum absolute atomic E-state index is 0.0413. The molecule has 3 atom stereocenters. The highest BCUT2D eigenvalue weighted by Gasteiger charge is 2.51. The molecule has 3 heterocycles. The number of ether oxygens (including phenoxy) is 1. The van der Waals surface area contributed by atoms with Crippen molar-refractivity contribution in [3.8, 4) is 5.75 Å². The number of aliphatic carboxylic acids is 1. The maximum Gasteiger partial charge on any atom is 0.362 e. The normalized spacial score (nSPS) is 20.5. The number of β-lactam (4-membered cyclic amide) rings is 1. The number of amidine groups is 1. The number of amides is 2. The number of carbonyl (C=O) groups excluding carboxylic acids is 2. The number of piperidine rings is 1. The van der Waals surface area contributed by atoms with E-state index in [2.05, 4.69) is 25.8 Å². The van der Waals surface area contributed by atoms with E-state index in [-0.39, 0.29) is 21.2 Å². The molecule has 19 heteroatoms. The third-order valence-corrected chi connectivity index (χ3v) is 8.66. The number of rotatable bonds is 12. The zero-order valence-corrected chi connectivity index (χ0v) is 25.3. The van der Waals surface area contributed by atoms with Crippen LogP contribution in [0.15, 0.2) is 34.4 Å². The SMILES string of the molecule is Cc1sc(N)nc1/C(=N/O[C@@H](COc1ccc(C(N)=NC2CCNCC2)cc1)C(=O)O)C(=O)N[C@@H]1C(=O)N(S(=O)(=O)O)[C@@H]1C. The second-order valence-electron chi connectivity index (χ2n) is 9.96. The first-order chi connectivity index (χ1) is 20.8. The summed E-state index contributed by atoms with van der Waals surface area (Å²) < 4.78 is 37.8. The molecule has 8 N–H and O–H groups in total. The highest BCUT2D eigenvalue weighted by atomic mass is 32.2. The molecule has 0 aliphatic carbocycles. The Hall–Kier alpha value is -4.33. The van der Waals surface area contributed by atoms with E-state index in [0.717, 1.165) is 37.3 Å². The summed E-state index contributed by atoms with van der Waals surface area (Å²) in [5.41, 5.74) is 12.0. The Morgan fingerprint density at radius 1 is 1.27 bits per heavy atom. The van der Waals surface area contributed by atoms with Crippen LogP contribution in [-0.4, -0.2) is 101 Å². The molecular formula is C25H32N8O9S2. The van der Waals surface area contributed by atoms with E-state index in [4.69, 9.17) is 21.0 Å². The zero-order valence-electron chi connectivity index (χ0n) is 23.7. The van der Waals surface area contributed by atoms with Crippen molar-refractivity contribution in [2.75, 3.05) is 25.4 Å². The number of carbonyl (C=O) groups is 3. The van der Waals surface area contributed by atoms with Crippen molar-refractivity contribution in [2.45, 2.75) is 50.9 Å². The van der Waals surface area contributed by atoms with Crippen LogP contribution in [0.2, 0.25) is 0 Å². The second-order valence-corrected chi connectivity index (χ2v) is 12.5. The molecular weight excluding hydrogens is 620 g/mol. The average Bonchev–Trinajstić information content (AvgIpc) is 3.30. The van der Waals surface area contributed by atoms with E-state index in [0.29, 0.717) is 22.0 Å². The number of nitrogen functional groups attached to an aromatic ring is 1. The van der Waals surface area contributed by atoms with E-state index in [9.17, 15) is 32.5 Å². The number of nitrogens with zero attached hydrogens (tertiary/aromatic N) is 4. The molecule has 4 rings (SSSR count). The summed E-state index contributed by atoms with van der Waals surface area (Å²) in [4.78, 5) is 51.6. The van der Waals surface area contributed by atoms with E-state index in [1.165, 1.54) is 6.92 Å². The van der Waals surface area contributed by atoms with Gasteiger partial charge in [0.1, 0.15) is 29.9 Å². The van der Waals surface area contributed by atoms with E-state index >= 15 is 0 Å². The van der Waals surface area contributed by atoms with Crippen LogP contribution in [0, 0.1) is 6.92 Å². The predicted molar refractivity (Wildman–Crippen MR) is 159 cm³/mol. The first kappa shape index (κ1) is 32.6. The number of carboxylic acid groups (broad SMARTS) is 1. The summed E-state index contributed by atoms with van der Waals surface area (Å²) in [5, 5.41) is 19.1. The Balaban J connectivity index is 1.45. The molecule has 17 nitrogen and oxygen atoms in total. The third-order valence-electron chi connectivity index (χ3n) is 6.85. The third kappa shape index (κ3) is 7.59. The van der Waals surface area contributed by atoms with Crippen molar-refractivity contribution in [3.05, 3.63) is 40.4 Å². The number of benzene rings is 1. The zero-order chi connectivity index (χ0) is 32.2. The van der Waals surface area contributed by atoms with Gasteiger partial charge in [0.05, 0.1) is 12.1 Å². The van der Waals surface area contributed by atoms with Crippen LogP contribution < -0.4 is 26.8 Å². The maximum absolute atomic E-state index is 13.1. The van der Waals surface area contributed by atoms with Gasteiger partial charge < -0.3 is 36.8 Å². The van der Waals surface area contributed by atoms with Crippen molar-refractivity contribution in [1.82, 2.24) is 19.9 Å².